The van der Waals surface area contributed by atoms with E-state index < -0.39 is 46.3 Å². The van der Waals surface area contributed by atoms with E-state index in [9.17, 15) is 36.1 Å². The van der Waals surface area contributed by atoms with Crippen molar-refractivity contribution in [1.29, 1.82) is 0 Å². The lowest BCUT2D eigenvalue weighted by atomic mass is 10.1. The van der Waals surface area contributed by atoms with Gasteiger partial charge >= 0.3 is 0 Å². The SMILES string of the molecule is CSc1nc(N)c(/N=N/c2ccc(/N=N/c3ccc([N+](=O)[O-])cc3S(=O)(=O)O)c3ccc(S(=O)(=O)O)cc23)c(N)n1. The number of nitrogens with two attached hydrogens (primary N) is 2. The number of fused-ring (bicyclic) bond motifs is 1. The van der Waals surface area contributed by atoms with Crippen LogP contribution < -0.4 is 11.5 Å². The summed E-state index contributed by atoms with van der Waals surface area (Å²) >= 11 is 1.20. The van der Waals surface area contributed by atoms with Gasteiger partial charge in [0.05, 0.1) is 21.2 Å². The molecule has 1 heterocycles. The standard InChI is InChI=1S/C21H17N9O8S3/c1-39-21-24-19(22)18(20(23)25-21)29-27-15-7-6-14(12-4-3-11(9-13(12)15)40(33,34)35)26-28-16-5-2-10(30(31)32)8-17(16)41(36,37)38/h2-9H,1H3,(H,33,34,35)(H,36,37,38)(H4,22,23,24,25)/b28-26+,29-27+. The fourth-order valence-corrected chi connectivity index (χ4v) is 4.94. The van der Waals surface area contributed by atoms with E-state index in [0.717, 1.165) is 24.3 Å². The average molecular weight is 620 g/mol. The minimum Gasteiger partial charge on any atom is -0.382 e. The van der Waals surface area contributed by atoms with E-state index in [4.69, 9.17) is 11.5 Å². The molecule has 0 atom stereocenters. The lowest BCUT2D eigenvalue weighted by Crippen LogP contribution is -2.00. The third-order valence-corrected chi connectivity index (χ3v) is 7.58. The smallest absolute Gasteiger partial charge is 0.297 e. The van der Waals surface area contributed by atoms with Gasteiger partial charge in [-0.2, -0.15) is 16.8 Å². The summed E-state index contributed by atoms with van der Waals surface area (Å²) in [6.07, 6.45) is 1.72. The van der Waals surface area contributed by atoms with Gasteiger partial charge in [0.2, 0.25) is 0 Å². The Morgan fingerprint density at radius 1 is 0.805 bits per heavy atom. The first kappa shape index (κ1) is 29.4. The Kier molecular flexibility index (Phi) is 7.94. The summed E-state index contributed by atoms with van der Waals surface area (Å²) in [5.74, 6) is -0.117. The Balaban J connectivity index is 1.86. The number of hydrogen-bond donors (Lipinski definition) is 4. The molecule has 4 aromatic rings. The van der Waals surface area contributed by atoms with Crippen molar-refractivity contribution in [2.24, 2.45) is 20.5 Å². The normalized spacial score (nSPS) is 12.5. The number of thioether (sulfide) groups is 1. The average Bonchev–Trinajstić information content (AvgIpc) is 2.90. The lowest BCUT2D eigenvalue weighted by Gasteiger charge is -2.08. The largest absolute Gasteiger partial charge is 0.382 e. The lowest BCUT2D eigenvalue weighted by molar-refractivity contribution is -0.385. The van der Waals surface area contributed by atoms with Gasteiger partial charge in [-0.05, 0) is 36.6 Å². The summed E-state index contributed by atoms with van der Waals surface area (Å²) in [4.78, 5) is 16.9. The van der Waals surface area contributed by atoms with Crippen molar-refractivity contribution < 1.29 is 30.9 Å². The Morgan fingerprint density at radius 3 is 1.93 bits per heavy atom. The number of rotatable bonds is 8. The molecule has 0 saturated heterocycles. The topological polar surface area (TPSA) is 279 Å². The van der Waals surface area contributed by atoms with Crippen molar-refractivity contribution in [3.05, 3.63) is 58.6 Å². The summed E-state index contributed by atoms with van der Waals surface area (Å²) in [6.45, 7) is 0. The summed E-state index contributed by atoms with van der Waals surface area (Å²) in [5, 5.41) is 27.6. The van der Waals surface area contributed by atoms with Gasteiger partial charge in [-0.3, -0.25) is 19.2 Å². The monoisotopic (exact) mass is 619 g/mol. The molecule has 0 radical (unpaired) electrons. The van der Waals surface area contributed by atoms with Gasteiger partial charge in [-0.25, -0.2) is 9.97 Å². The van der Waals surface area contributed by atoms with Crippen LogP contribution in [0.4, 0.5) is 40.1 Å². The molecule has 0 aliphatic carbocycles. The van der Waals surface area contributed by atoms with Crippen molar-refractivity contribution in [2.75, 3.05) is 17.7 Å². The van der Waals surface area contributed by atoms with Crippen LogP contribution in [-0.4, -0.2) is 47.1 Å². The second kappa shape index (κ2) is 11.1. The molecule has 0 amide bonds. The summed E-state index contributed by atoms with van der Waals surface area (Å²) < 4.78 is 66.3. The molecule has 6 N–H and O–H groups in total. The van der Waals surface area contributed by atoms with E-state index in [1.54, 1.807) is 6.26 Å². The van der Waals surface area contributed by atoms with Crippen molar-refractivity contribution in [2.45, 2.75) is 14.9 Å². The zero-order chi connectivity index (χ0) is 30.1. The summed E-state index contributed by atoms with van der Waals surface area (Å²) in [5.41, 5.74) is 10.9. The number of non-ortho nitro benzene ring substituents is 1. The van der Waals surface area contributed by atoms with Gasteiger partial charge in [-0.1, -0.05) is 17.8 Å². The molecule has 41 heavy (non-hydrogen) atoms. The van der Waals surface area contributed by atoms with Gasteiger partial charge in [0.1, 0.15) is 10.6 Å². The van der Waals surface area contributed by atoms with E-state index in [1.807, 2.05) is 0 Å². The second-order valence-electron chi connectivity index (χ2n) is 7.90. The highest BCUT2D eigenvalue weighted by atomic mass is 32.2. The van der Waals surface area contributed by atoms with Gasteiger partial charge < -0.3 is 11.5 Å². The first-order chi connectivity index (χ1) is 19.2. The molecule has 0 bridgehead atoms. The van der Waals surface area contributed by atoms with Gasteiger partial charge in [-0.15, -0.1) is 20.5 Å². The molecule has 0 fully saturated rings. The maximum Gasteiger partial charge on any atom is 0.297 e. The molecular formula is C21H17N9O8S3. The number of azo groups is 2. The van der Waals surface area contributed by atoms with Gasteiger partial charge in [0.15, 0.2) is 22.5 Å². The first-order valence-corrected chi connectivity index (χ1v) is 14.9. The van der Waals surface area contributed by atoms with Crippen LogP contribution in [0, 0.1) is 10.1 Å². The third kappa shape index (κ3) is 6.41. The highest BCUT2D eigenvalue weighted by molar-refractivity contribution is 7.98. The van der Waals surface area contributed by atoms with Crippen LogP contribution in [0.3, 0.4) is 0 Å². The van der Waals surface area contributed by atoms with Crippen LogP contribution in [-0.2, 0) is 20.2 Å². The molecule has 0 aliphatic rings. The third-order valence-electron chi connectivity index (χ3n) is 5.30. The Morgan fingerprint density at radius 2 is 1.37 bits per heavy atom. The highest BCUT2D eigenvalue weighted by Crippen LogP contribution is 2.38. The molecule has 0 saturated carbocycles. The first-order valence-electron chi connectivity index (χ1n) is 10.8. The Hall–Kier alpha value is -4.63. The number of benzene rings is 3. The summed E-state index contributed by atoms with van der Waals surface area (Å²) in [6, 6.07) is 8.76. The van der Waals surface area contributed by atoms with E-state index >= 15 is 0 Å². The van der Waals surface area contributed by atoms with Crippen LogP contribution in [0.15, 0.2) is 83.9 Å². The molecule has 4 rings (SSSR count). The van der Waals surface area contributed by atoms with Crippen LogP contribution >= 0.6 is 11.8 Å². The van der Waals surface area contributed by atoms with Crippen LogP contribution in [0.25, 0.3) is 10.8 Å². The van der Waals surface area contributed by atoms with Gasteiger partial charge in [0.25, 0.3) is 25.9 Å². The predicted octanol–water partition coefficient (Wildman–Crippen LogP) is 4.75. The molecule has 3 aromatic carbocycles. The van der Waals surface area contributed by atoms with E-state index in [1.165, 1.54) is 30.0 Å². The minimum absolute atomic E-state index is 0.0402. The molecule has 20 heteroatoms. The fourth-order valence-electron chi connectivity index (χ4n) is 3.41. The molecular weight excluding hydrogens is 602 g/mol. The Bertz CT molecular complexity index is 1980. The number of nitro benzene ring substituents is 1. The molecule has 212 valence electrons. The zero-order valence-electron chi connectivity index (χ0n) is 20.5. The molecule has 0 unspecified atom stereocenters. The summed E-state index contributed by atoms with van der Waals surface area (Å²) in [7, 11) is -9.56. The van der Waals surface area contributed by atoms with E-state index in [0.29, 0.717) is 11.2 Å². The number of aromatic nitrogens is 2. The zero-order valence-corrected chi connectivity index (χ0v) is 22.9. The number of anilines is 2. The second-order valence-corrected chi connectivity index (χ2v) is 11.5. The molecule has 0 spiro atoms. The quantitative estimate of drug-likeness (QED) is 0.0518. The van der Waals surface area contributed by atoms with Crippen molar-refractivity contribution in [3.63, 3.8) is 0 Å². The Labute approximate surface area is 235 Å². The van der Waals surface area contributed by atoms with Gasteiger partial charge in [0, 0.05) is 22.9 Å². The maximum atomic E-state index is 11.8. The number of nitrogen functional groups attached to an aromatic ring is 2. The minimum atomic E-state index is -4.92. The van der Waals surface area contributed by atoms with Crippen LogP contribution in [0.1, 0.15) is 0 Å². The van der Waals surface area contributed by atoms with E-state index in [-0.39, 0.29) is 39.5 Å². The highest BCUT2D eigenvalue weighted by Gasteiger charge is 2.21. The fraction of sp³-hybridized carbons (Fsp3) is 0.0476. The molecule has 1 aromatic heterocycles. The van der Waals surface area contributed by atoms with Crippen LogP contribution in [0.2, 0.25) is 0 Å². The van der Waals surface area contributed by atoms with Crippen molar-refractivity contribution in [3.8, 4) is 0 Å². The molecule has 17 nitrogen and oxygen atoms in total. The number of nitro groups is 1. The van der Waals surface area contributed by atoms with Crippen molar-refractivity contribution in [1.82, 2.24) is 9.97 Å². The number of nitrogens with zero attached hydrogens (tertiary/aromatic N) is 7. The predicted molar refractivity (Wildman–Crippen MR) is 148 cm³/mol. The van der Waals surface area contributed by atoms with E-state index in [2.05, 4.69) is 30.4 Å². The number of hydrogen-bond acceptors (Lipinski definition) is 15. The van der Waals surface area contributed by atoms with Crippen molar-refractivity contribution >= 4 is 82.8 Å². The van der Waals surface area contributed by atoms with Crippen LogP contribution in [0.5, 0.6) is 0 Å². The maximum absolute atomic E-state index is 11.8. The molecule has 0 aliphatic heterocycles.